The lowest BCUT2D eigenvalue weighted by Crippen LogP contribution is -2.20. The number of hydrogen-bond acceptors (Lipinski definition) is 6. The number of anilines is 1. The predicted octanol–water partition coefficient (Wildman–Crippen LogP) is 2.65. The quantitative estimate of drug-likeness (QED) is 0.649. The molecule has 2 rings (SSSR count). The minimum Gasteiger partial charge on any atom is -0.481 e. The van der Waals surface area contributed by atoms with E-state index in [9.17, 15) is 14.9 Å². The fraction of sp³-hybridized carbons (Fsp3) is 0.333. The van der Waals surface area contributed by atoms with Crippen molar-refractivity contribution in [3.8, 4) is 0 Å². The summed E-state index contributed by atoms with van der Waals surface area (Å²) < 4.78 is 0.742. The molecule has 8 heteroatoms. The van der Waals surface area contributed by atoms with Gasteiger partial charge in [-0.15, -0.1) is 11.3 Å². The first-order valence-electron chi connectivity index (χ1n) is 5.90. The first-order valence-corrected chi connectivity index (χ1v) is 6.72. The third-order valence-corrected chi connectivity index (χ3v) is 3.76. The second-order valence-electron chi connectivity index (χ2n) is 4.45. The smallest absolute Gasteiger partial charge is 0.308 e. The van der Waals surface area contributed by atoms with Crippen molar-refractivity contribution in [2.45, 2.75) is 13.8 Å². The summed E-state index contributed by atoms with van der Waals surface area (Å²) in [6.07, 6.45) is 0. The third-order valence-electron chi connectivity index (χ3n) is 2.83. The standard InChI is InChI=1S/C12H13N3O4S/c1-6(12(16)17)5-13-8-3-9-11(20-7(2)14-9)4-10(8)15(18)19/h3-4,6,13H,5H2,1-2H3,(H,16,17). The van der Waals surface area contributed by atoms with E-state index < -0.39 is 16.8 Å². The number of carboxylic acid groups (broad SMARTS) is 1. The highest BCUT2D eigenvalue weighted by Gasteiger charge is 2.19. The van der Waals surface area contributed by atoms with Gasteiger partial charge >= 0.3 is 5.97 Å². The maximum atomic E-state index is 11.1. The summed E-state index contributed by atoms with van der Waals surface area (Å²) in [5.41, 5.74) is 0.892. The molecule has 7 nitrogen and oxygen atoms in total. The molecular formula is C12H13N3O4S. The zero-order chi connectivity index (χ0) is 14.9. The third kappa shape index (κ3) is 2.85. The number of aromatic nitrogens is 1. The zero-order valence-electron chi connectivity index (χ0n) is 10.9. The number of carboxylic acids is 1. The van der Waals surface area contributed by atoms with Gasteiger partial charge in [0.05, 0.1) is 26.1 Å². The number of nitrogens with zero attached hydrogens (tertiary/aromatic N) is 2. The van der Waals surface area contributed by atoms with E-state index in [0.29, 0.717) is 11.2 Å². The SMILES string of the molecule is Cc1nc2cc(NCC(C)C(=O)O)c([N+](=O)[O-])cc2s1. The fourth-order valence-corrected chi connectivity index (χ4v) is 2.56. The molecule has 0 amide bonds. The Morgan fingerprint density at radius 2 is 2.30 bits per heavy atom. The normalized spacial score (nSPS) is 12.3. The Labute approximate surface area is 118 Å². The van der Waals surface area contributed by atoms with Crippen molar-refractivity contribution in [3.63, 3.8) is 0 Å². The largest absolute Gasteiger partial charge is 0.481 e. The van der Waals surface area contributed by atoms with Crippen LogP contribution in [0.15, 0.2) is 12.1 Å². The van der Waals surface area contributed by atoms with Crippen molar-refractivity contribution in [2.75, 3.05) is 11.9 Å². The van der Waals surface area contributed by atoms with Gasteiger partial charge in [-0.1, -0.05) is 6.92 Å². The van der Waals surface area contributed by atoms with Gasteiger partial charge in [0.25, 0.3) is 5.69 Å². The molecule has 2 N–H and O–H groups in total. The fourth-order valence-electron chi connectivity index (χ4n) is 1.72. The van der Waals surface area contributed by atoms with Crippen LogP contribution in [-0.4, -0.2) is 27.5 Å². The second kappa shape index (κ2) is 5.41. The number of nitrogens with one attached hydrogen (secondary N) is 1. The Hall–Kier alpha value is -2.22. The highest BCUT2D eigenvalue weighted by molar-refractivity contribution is 7.18. The van der Waals surface area contributed by atoms with Gasteiger partial charge in [-0.3, -0.25) is 14.9 Å². The molecule has 0 bridgehead atoms. The van der Waals surface area contributed by atoms with Gasteiger partial charge in [-0.25, -0.2) is 4.98 Å². The van der Waals surface area contributed by atoms with Crippen LogP contribution in [0.3, 0.4) is 0 Å². The molecule has 0 radical (unpaired) electrons. The van der Waals surface area contributed by atoms with Crippen molar-refractivity contribution in [3.05, 3.63) is 27.3 Å². The average Bonchev–Trinajstić information content (AvgIpc) is 2.73. The van der Waals surface area contributed by atoms with Crippen LogP contribution in [0.5, 0.6) is 0 Å². The summed E-state index contributed by atoms with van der Waals surface area (Å²) in [7, 11) is 0. The minimum absolute atomic E-state index is 0.0706. The number of carbonyl (C=O) groups is 1. The van der Waals surface area contributed by atoms with E-state index >= 15 is 0 Å². The zero-order valence-corrected chi connectivity index (χ0v) is 11.7. The average molecular weight is 295 g/mol. The molecule has 0 saturated heterocycles. The molecule has 1 aromatic heterocycles. The summed E-state index contributed by atoms with van der Waals surface area (Å²) in [6.45, 7) is 3.48. The van der Waals surface area contributed by atoms with Gasteiger partial charge < -0.3 is 10.4 Å². The summed E-state index contributed by atoms with van der Waals surface area (Å²) in [5.74, 6) is -1.59. The molecule has 0 aliphatic carbocycles. The Balaban J connectivity index is 2.36. The molecule has 1 atom stereocenters. The molecule has 0 saturated carbocycles. The van der Waals surface area contributed by atoms with Crippen LogP contribution in [0, 0.1) is 23.0 Å². The Morgan fingerprint density at radius 3 is 2.90 bits per heavy atom. The van der Waals surface area contributed by atoms with Gasteiger partial charge in [0.2, 0.25) is 0 Å². The van der Waals surface area contributed by atoms with Gasteiger partial charge in [-0.05, 0) is 13.0 Å². The molecule has 2 aromatic rings. The molecule has 106 valence electrons. The molecule has 0 aliphatic rings. The van der Waals surface area contributed by atoms with Crippen molar-refractivity contribution >= 4 is 38.9 Å². The van der Waals surface area contributed by atoms with E-state index in [2.05, 4.69) is 10.3 Å². The maximum absolute atomic E-state index is 11.1. The Morgan fingerprint density at radius 1 is 1.60 bits per heavy atom. The number of nitro groups is 1. The van der Waals surface area contributed by atoms with Crippen LogP contribution < -0.4 is 5.32 Å². The summed E-state index contributed by atoms with van der Waals surface area (Å²) in [4.78, 5) is 25.6. The molecule has 1 aromatic carbocycles. The van der Waals surface area contributed by atoms with Gasteiger partial charge in [0.1, 0.15) is 5.69 Å². The molecule has 1 unspecified atom stereocenters. The number of hydrogen-bond donors (Lipinski definition) is 2. The van der Waals surface area contributed by atoms with Crippen molar-refractivity contribution in [1.82, 2.24) is 4.98 Å². The Bertz CT molecular complexity index is 683. The van der Waals surface area contributed by atoms with Crippen LogP contribution in [0.2, 0.25) is 0 Å². The molecule has 20 heavy (non-hydrogen) atoms. The monoisotopic (exact) mass is 295 g/mol. The number of rotatable bonds is 5. The summed E-state index contributed by atoms with van der Waals surface area (Å²) in [6, 6.07) is 3.05. The number of aliphatic carboxylic acids is 1. The molecule has 1 heterocycles. The number of fused-ring (bicyclic) bond motifs is 1. The molecular weight excluding hydrogens is 282 g/mol. The van der Waals surface area contributed by atoms with Gasteiger partial charge in [0.15, 0.2) is 0 Å². The van der Waals surface area contributed by atoms with Crippen LogP contribution >= 0.6 is 11.3 Å². The summed E-state index contributed by atoms with van der Waals surface area (Å²) in [5, 5.41) is 23.6. The van der Waals surface area contributed by atoms with Gasteiger partial charge in [-0.2, -0.15) is 0 Å². The molecule has 0 fully saturated rings. The number of nitro benzene ring substituents is 1. The first kappa shape index (κ1) is 14.2. The van der Waals surface area contributed by atoms with Gasteiger partial charge in [0, 0.05) is 12.6 Å². The van der Waals surface area contributed by atoms with Crippen LogP contribution in [0.1, 0.15) is 11.9 Å². The lowest BCUT2D eigenvalue weighted by atomic mass is 10.1. The topological polar surface area (TPSA) is 105 Å². The lowest BCUT2D eigenvalue weighted by Gasteiger charge is -2.09. The molecule has 0 spiro atoms. The van der Waals surface area contributed by atoms with Crippen molar-refractivity contribution in [2.24, 2.45) is 5.92 Å². The van der Waals surface area contributed by atoms with Crippen LogP contribution in [0.4, 0.5) is 11.4 Å². The van der Waals surface area contributed by atoms with E-state index in [-0.39, 0.29) is 12.2 Å². The predicted molar refractivity (Wildman–Crippen MR) is 76.3 cm³/mol. The maximum Gasteiger partial charge on any atom is 0.308 e. The highest BCUT2D eigenvalue weighted by Crippen LogP contribution is 2.33. The number of thiazole rings is 1. The van der Waals surface area contributed by atoms with Crippen molar-refractivity contribution < 1.29 is 14.8 Å². The molecule has 0 aliphatic heterocycles. The number of benzene rings is 1. The van der Waals surface area contributed by atoms with Crippen LogP contribution in [0.25, 0.3) is 10.2 Å². The van der Waals surface area contributed by atoms with E-state index in [1.165, 1.54) is 24.3 Å². The van der Waals surface area contributed by atoms with Crippen molar-refractivity contribution in [1.29, 1.82) is 0 Å². The van der Waals surface area contributed by atoms with Crippen LogP contribution in [-0.2, 0) is 4.79 Å². The first-order chi connectivity index (χ1) is 9.38. The Kier molecular flexibility index (Phi) is 3.84. The number of aryl methyl sites for hydroxylation is 1. The van der Waals surface area contributed by atoms with E-state index in [0.717, 1.165) is 9.71 Å². The summed E-state index contributed by atoms with van der Waals surface area (Å²) >= 11 is 1.38. The van der Waals surface area contributed by atoms with E-state index in [1.54, 1.807) is 6.07 Å². The minimum atomic E-state index is -0.953. The highest BCUT2D eigenvalue weighted by atomic mass is 32.1. The second-order valence-corrected chi connectivity index (χ2v) is 5.68. The van der Waals surface area contributed by atoms with E-state index in [4.69, 9.17) is 5.11 Å². The lowest BCUT2D eigenvalue weighted by molar-refractivity contribution is -0.383. The van der Waals surface area contributed by atoms with E-state index in [1.807, 2.05) is 6.92 Å².